The largest absolute Gasteiger partial charge is 0.478 e. The van der Waals surface area contributed by atoms with Crippen molar-refractivity contribution in [2.24, 2.45) is 0 Å². The quantitative estimate of drug-likeness (QED) is 0.466. The Hall–Kier alpha value is -3.71. The van der Waals surface area contributed by atoms with E-state index in [1.165, 1.54) is 18.2 Å². The lowest BCUT2D eigenvalue weighted by Crippen LogP contribution is -2.31. The molecule has 7 heteroatoms. The molecule has 0 atom stereocenters. The number of halogens is 1. The minimum absolute atomic E-state index is 0.0164. The Balaban J connectivity index is 1.89. The van der Waals surface area contributed by atoms with Crippen molar-refractivity contribution in [1.82, 2.24) is 5.32 Å². The van der Waals surface area contributed by atoms with Gasteiger partial charge in [0.2, 0.25) is 0 Å². The first-order chi connectivity index (χ1) is 14.4. The van der Waals surface area contributed by atoms with E-state index in [2.05, 4.69) is 26.6 Å². The van der Waals surface area contributed by atoms with Crippen molar-refractivity contribution in [3.8, 4) is 0 Å². The van der Waals surface area contributed by atoms with E-state index in [0.717, 1.165) is 5.56 Å². The van der Waals surface area contributed by atoms with Crippen molar-refractivity contribution in [2.45, 2.75) is 0 Å². The second-order valence-electron chi connectivity index (χ2n) is 6.24. The molecular formula is C23H17BrN2O4. The smallest absolute Gasteiger partial charge is 0.335 e. The van der Waals surface area contributed by atoms with Crippen LogP contribution in [0.1, 0.15) is 26.3 Å². The first-order valence-electron chi connectivity index (χ1n) is 8.91. The van der Waals surface area contributed by atoms with Gasteiger partial charge in [-0.3, -0.25) is 9.59 Å². The molecule has 3 N–H and O–H groups in total. The van der Waals surface area contributed by atoms with Gasteiger partial charge >= 0.3 is 5.97 Å². The molecule has 0 radical (unpaired) electrons. The van der Waals surface area contributed by atoms with Gasteiger partial charge in [0.05, 0.1) is 11.1 Å². The highest BCUT2D eigenvalue weighted by atomic mass is 79.9. The van der Waals surface area contributed by atoms with Gasteiger partial charge in [0.25, 0.3) is 11.8 Å². The van der Waals surface area contributed by atoms with E-state index in [0.29, 0.717) is 15.7 Å². The van der Waals surface area contributed by atoms with Crippen molar-refractivity contribution in [2.75, 3.05) is 5.32 Å². The van der Waals surface area contributed by atoms with Crippen LogP contribution in [0.2, 0.25) is 0 Å². The summed E-state index contributed by atoms with van der Waals surface area (Å²) < 4.78 is 0.594. The monoisotopic (exact) mass is 464 g/mol. The molecule has 0 heterocycles. The lowest BCUT2D eigenvalue weighted by molar-refractivity contribution is -0.113. The van der Waals surface area contributed by atoms with Gasteiger partial charge in [0.1, 0.15) is 5.70 Å². The zero-order valence-electron chi connectivity index (χ0n) is 15.6. The highest BCUT2D eigenvalue weighted by Crippen LogP contribution is 2.17. The highest BCUT2D eigenvalue weighted by Gasteiger charge is 2.17. The van der Waals surface area contributed by atoms with Crippen LogP contribution in [0.15, 0.2) is 89.0 Å². The normalized spacial score (nSPS) is 10.9. The fourth-order valence-corrected chi connectivity index (χ4v) is 3.10. The van der Waals surface area contributed by atoms with E-state index in [1.807, 2.05) is 18.2 Å². The number of hydrogen-bond acceptors (Lipinski definition) is 3. The average Bonchev–Trinajstić information content (AvgIpc) is 2.74. The standard InChI is InChI=1S/C23H17BrN2O4/c24-19-12-5-4-11-18(19)21(27)26-20(13-15-7-2-1-3-8-15)22(28)25-17-10-6-9-16(14-17)23(29)30/h1-14H,(H,25,28)(H,26,27)(H,29,30)/b20-13+. The summed E-state index contributed by atoms with van der Waals surface area (Å²) in [6, 6.07) is 21.8. The molecule has 3 aromatic rings. The van der Waals surface area contributed by atoms with Crippen molar-refractivity contribution >= 4 is 45.5 Å². The molecule has 0 fully saturated rings. The third-order valence-corrected chi connectivity index (χ3v) is 4.78. The molecule has 150 valence electrons. The van der Waals surface area contributed by atoms with Gasteiger partial charge in [0, 0.05) is 10.2 Å². The molecule has 0 aromatic heterocycles. The predicted molar refractivity (Wildman–Crippen MR) is 118 cm³/mol. The number of amides is 2. The fourth-order valence-electron chi connectivity index (χ4n) is 2.64. The summed E-state index contributed by atoms with van der Waals surface area (Å²) in [7, 11) is 0. The van der Waals surface area contributed by atoms with Crippen molar-refractivity contribution in [1.29, 1.82) is 0 Å². The van der Waals surface area contributed by atoms with Gasteiger partial charge < -0.3 is 15.7 Å². The Labute approximate surface area is 181 Å². The Kier molecular flexibility index (Phi) is 6.77. The molecule has 0 aliphatic heterocycles. The summed E-state index contributed by atoms with van der Waals surface area (Å²) in [6.07, 6.45) is 1.55. The second kappa shape index (κ2) is 9.67. The zero-order chi connectivity index (χ0) is 21.5. The molecule has 30 heavy (non-hydrogen) atoms. The number of carboxylic acids is 1. The number of aromatic carboxylic acids is 1. The van der Waals surface area contributed by atoms with Crippen molar-refractivity contribution in [3.05, 3.63) is 106 Å². The van der Waals surface area contributed by atoms with Crippen LogP contribution in [0.4, 0.5) is 5.69 Å². The molecule has 0 saturated carbocycles. The molecule has 0 bridgehead atoms. The van der Waals surface area contributed by atoms with Crippen molar-refractivity contribution in [3.63, 3.8) is 0 Å². The van der Waals surface area contributed by atoms with Crippen LogP contribution in [-0.4, -0.2) is 22.9 Å². The summed E-state index contributed by atoms with van der Waals surface area (Å²) in [5, 5.41) is 14.4. The molecule has 0 aliphatic rings. The van der Waals surface area contributed by atoms with Gasteiger partial charge in [-0.15, -0.1) is 0 Å². The Morgan fingerprint density at radius 2 is 1.57 bits per heavy atom. The van der Waals surface area contributed by atoms with Gasteiger partial charge in [-0.2, -0.15) is 0 Å². The minimum Gasteiger partial charge on any atom is -0.478 e. The SMILES string of the molecule is O=C(Nc1cccc(C(=O)O)c1)/C(=C\c1ccccc1)NC(=O)c1ccccc1Br. The number of carbonyl (C=O) groups is 3. The molecule has 0 aliphatic carbocycles. The number of benzene rings is 3. The molecule has 0 saturated heterocycles. The molecule has 0 spiro atoms. The second-order valence-corrected chi connectivity index (χ2v) is 7.10. The first kappa shape index (κ1) is 21.0. The van der Waals surface area contributed by atoms with E-state index in [9.17, 15) is 14.4 Å². The predicted octanol–water partition coefficient (Wildman–Crippen LogP) is 4.56. The maximum absolute atomic E-state index is 12.9. The summed E-state index contributed by atoms with van der Waals surface area (Å²) in [6.45, 7) is 0. The highest BCUT2D eigenvalue weighted by molar-refractivity contribution is 9.10. The van der Waals surface area contributed by atoms with Crippen LogP contribution >= 0.6 is 15.9 Å². The van der Waals surface area contributed by atoms with Crippen LogP contribution in [-0.2, 0) is 4.79 Å². The zero-order valence-corrected chi connectivity index (χ0v) is 17.2. The molecule has 3 aromatic carbocycles. The number of rotatable bonds is 6. The summed E-state index contributed by atoms with van der Waals surface area (Å²) >= 11 is 3.33. The molecular weight excluding hydrogens is 448 g/mol. The van der Waals surface area contributed by atoms with Crippen LogP contribution in [0.3, 0.4) is 0 Å². The summed E-state index contributed by atoms with van der Waals surface area (Å²) in [5.74, 6) is -2.14. The number of hydrogen-bond donors (Lipinski definition) is 3. The molecule has 0 unspecified atom stereocenters. The topological polar surface area (TPSA) is 95.5 Å². The van der Waals surface area contributed by atoms with Gasteiger partial charge in [0.15, 0.2) is 0 Å². The van der Waals surface area contributed by atoms with Crippen LogP contribution in [0.5, 0.6) is 0 Å². The Morgan fingerprint density at radius 1 is 0.867 bits per heavy atom. The lowest BCUT2D eigenvalue weighted by Gasteiger charge is -2.12. The summed E-state index contributed by atoms with van der Waals surface area (Å²) in [4.78, 5) is 36.8. The maximum Gasteiger partial charge on any atom is 0.335 e. The van der Waals surface area contributed by atoms with E-state index in [-0.39, 0.29) is 11.3 Å². The Bertz CT molecular complexity index is 1130. The van der Waals surface area contributed by atoms with Crippen LogP contribution in [0, 0.1) is 0 Å². The molecule has 2 amide bonds. The van der Waals surface area contributed by atoms with E-state index in [4.69, 9.17) is 5.11 Å². The third-order valence-electron chi connectivity index (χ3n) is 4.09. The lowest BCUT2D eigenvalue weighted by atomic mass is 10.1. The number of carboxylic acid groups (broad SMARTS) is 1. The third kappa shape index (κ3) is 5.42. The van der Waals surface area contributed by atoms with Crippen LogP contribution < -0.4 is 10.6 Å². The molecule has 6 nitrogen and oxygen atoms in total. The van der Waals surface area contributed by atoms with E-state index >= 15 is 0 Å². The maximum atomic E-state index is 12.9. The van der Waals surface area contributed by atoms with Gasteiger partial charge in [-0.05, 0) is 57.9 Å². The van der Waals surface area contributed by atoms with E-state index < -0.39 is 17.8 Å². The number of nitrogens with one attached hydrogen (secondary N) is 2. The first-order valence-corrected chi connectivity index (χ1v) is 9.70. The van der Waals surface area contributed by atoms with Gasteiger partial charge in [-0.25, -0.2) is 4.79 Å². The van der Waals surface area contributed by atoms with E-state index in [1.54, 1.807) is 48.5 Å². The van der Waals surface area contributed by atoms with Crippen LogP contribution in [0.25, 0.3) is 6.08 Å². The minimum atomic E-state index is -1.10. The average molecular weight is 465 g/mol. The number of anilines is 1. The Morgan fingerprint density at radius 3 is 2.27 bits per heavy atom. The summed E-state index contributed by atoms with van der Waals surface area (Å²) in [5.41, 5.74) is 1.45. The number of carbonyl (C=O) groups excluding carboxylic acids is 2. The molecule has 3 rings (SSSR count). The van der Waals surface area contributed by atoms with Gasteiger partial charge in [-0.1, -0.05) is 48.5 Å². The fraction of sp³-hybridized carbons (Fsp3) is 0. The van der Waals surface area contributed by atoms with Crippen molar-refractivity contribution < 1.29 is 19.5 Å².